The third-order valence-corrected chi connectivity index (χ3v) is 4.06. The molecule has 1 fully saturated rings. The molecule has 1 saturated heterocycles. The lowest BCUT2D eigenvalue weighted by Crippen LogP contribution is -2.20. The van der Waals surface area contributed by atoms with Crippen molar-refractivity contribution in [2.75, 3.05) is 25.1 Å². The molecule has 1 aromatic carbocycles. The van der Waals surface area contributed by atoms with Crippen LogP contribution in [0.25, 0.3) is 10.9 Å². The van der Waals surface area contributed by atoms with Crippen molar-refractivity contribution in [2.24, 2.45) is 5.92 Å². The molecule has 1 unspecified atom stereocenters. The maximum Gasteiger partial charge on any atom is 0.336 e. The highest BCUT2D eigenvalue weighted by Crippen LogP contribution is 2.22. The Morgan fingerprint density at radius 1 is 1.41 bits per heavy atom. The number of aromatic nitrogens is 1. The number of hydrogen-bond acceptors (Lipinski definition) is 4. The molecule has 1 atom stereocenters. The normalized spacial score (nSPS) is 18.3. The van der Waals surface area contributed by atoms with Crippen LogP contribution in [-0.4, -0.2) is 35.8 Å². The van der Waals surface area contributed by atoms with Gasteiger partial charge in [-0.3, -0.25) is 0 Å². The van der Waals surface area contributed by atoms with Crippen LogP contribution in [0.4, 0.5) is 5.82 Å². The van der Waals surface area contributed by atoms with Crippen molar-refractivity contribution in [1.82, 2.24) is 4.98 Å². The summed E-state index contributed by atoms with van der Waals surface area (Å²) in [4.78, 5) is 15.9. The molecule has 2 N–H and O–H groups in total. The van der Waals surface area contributed by atoms with Crippen molar-refractivity contribution >= 4 is 22.7 Å². The monoisotopic (exact) mass is 300 g/mol. The van der Waals surface area contributed by atoms with Crippen LogP contribution in [0.2, 0.25) is 0 Å². The number of para-hydroxylation sites is 1. The van der Waals surface area contributed by atoms with Crippen molar-refractivity contribution < 1.29 is 14.6 Å². The fraction of sp³-hybridized carbons (Fsp3) is 0.412. The van der Waals surface area contributed by atoms with Crippen LogP contribution in [0.1, 0.15) is 29.6 Å². The fourth-order valence-corrected chi connectivity index (χ4v) is 2.88. The summed E-state index contributed by atoms with van der Waals surface area (Å²) in [7, 11) is 0. The standard InChI is InChI=1S/C17H20N2O3/c20-17(21)14-10-16(19-15-6-2-1-5-13(14)15)18-8-7-12-4-3-9-22-11-12/h1-2,5-6,10,12H,3-4,7-9,11H2,(H,18,19)(H,20,21). The SMILES string of the molecule is O=C(O)c1cc(NCCC2CCCOC2)nc2ccccc12. The number of hydrogen-bond donors (Lipinski definition) is 2. The zero-order valence-electron chi connectivity index (χ0n) is 12.4. The average Bonchev–Trinajstić information content (AvgIpc) is 2.55. The summed E-state index contributed by atoms with van der Waals surface area (Å²) >= 11 is 0. The second kappa shape index (κ2) is 6.75. The number of fused-ring (bicyclic) bond motifs is 1. The average molecular weight is 300 g/mol. The minimum absolute atomic E-state index is 0.286. The van der Waals surface area contributed by atoms with Gasteiger partial charge in [-0.25, -0.2) is 9.78 Å². The number of aromatic carboxylic acids is 1. The molecule has 1 aliphatic heterocycles. The number of rotatable bonds is 5. The van der Waals surface area contributed by atoms with E-state index in [0.717, 1.165) is 32.6 Å². The third-order valence-electron chi connectivity index (χ3n) is 4.06. The van der Waals surface area contributed by atoms with Crippen LogP contribution >= 0.6 is 0 Å². The molecule has 2 aromatic rings. The van der Waals surface area contributed by atoms with Crippen molar-refractivity contribution in [3.8, 4) is 0 Å². The van der Waals surface area contributed by atoms with Crippen molar-refractivity contribution in [3.63, 3.8) is 0 Å². The van der Waals surface area contributed by atoms with Gasteiger partial charge in [-0.15, -0.1) is 0 Å². The van der Waals surface area contributed by atoms with Crippen LogP contribution in [0, 0.1) is 5.92 Å². The van der Waals surface area contributed by atoms with Crippen molar-refractivity contribution in [3.05, 3.63) is 35.9 Å². The van der Waals surface area contributed by atoms with Gasteiger partial charge in [-0.1, -0.05) is 18.2 Å². The molecule has 0 radical (unpaired) electrons. The van der Waals surface area contributed by atoms with Crippen LogP contribution < -0.4 is 5.32 Å². The minimum Gasteiger partial charge on any atom is -0.478 e. The lowest BCUT2D eigenvalue weighted by Gasteiger charge is -2.22. The molecule has 0 aliphatic carbocycles. The van der Waals surface area contributed by atoms with E-state index in [1.807, 2.05) is 18.2 Å². The first kappa shape index (κ1) is 14.8. The Hall–Kier alpha value is -2.14. The number of nitrogens with one attached hydrogen (secondary N) is 1. The molecule has 3 rings (SSSR count). The Balaban J connectivity index is 1.71. The maximum atomic E-state index is 11.4. The second-order valence-corrected chi connectivity index (χ2v) is 5.68. The summed E-state index contributed by atoms with van der Waals surface area (Å²) in [5.74, 6) is 0.274. The molecule has 0 amide bonds. The Morgan fingerprint density at radius 3 is 3.05 bits per heavy atom. The third kappa shape index (κ3) is 3.36. The summed E-state index contributed by atoms with van der Waals surface area (Å²) in [5.41, 5.74) is 0.986. The van der Waals surface area contributed by atoms with Gasteiger partial charge in [0.2, 0.25) is 0 Å². The number of carbonyl (C=O) groups is 1. The number of pyridine rings is 1. The molecule has 1 aromatic heterocycles. The van der Waals surface area contributed by atoms with E-state index in [2.05, 4.69) is 10.3 Å². The lowest BCUT2D eigenvalue weighted by molar-refractivity contribution is 0.0530. The molecule has 0 bridgehead atoms. The number of anilines is 1. The Labute approximate surface area is 129 Å². The number of ether oxygens (including phenoxy) is 1. The summed E-state index contributed by atoms with van der Waals surface area (Å²) in [6.45, 7) is 2.48. The lowest BCUT2D eigenvalue weighted by atomic mass is 9.99. The van der Waals surface area contributed by atoms with E-state index >= 15 is 0 Å². The predicted molar refractivity (Wildman–Crippen MR) is 85.4 cm³/mol. The van der Waals surface area contributed by atoms with Gasteiger partial charge in [0.25, 0.3) is 0 Å². The highest BCUT2D eigenvalue weighted by atomic mass is 16.5. The highest BCUT2D eigenvalue weighted by molar-refractivity contribution is 6.03. The smallest absolute Gasteiger partial charge is 0.336 e. The van der Waals surface area contributed by atoms with Gasteiger partial charge >= 0.3 is 5.97 Å². The Kier molecular flexibility index (Phi) is 4.53. The largest absolute Gasteiger partial charge is 0.478 e. The molecule has 1 aliphatic rings. The Bertz CT molecular complexity index is 666. The first-order chi connectivity index (χ1) is 10.7. The molecule has 2 heterocycles. The number of carboxylic acids is 1. The topological polar surface area (TPSA) is 71.5 Å². The first-order valence-electron chi connectivity index (χ1n) is 7.69. The number of nitrogens with zero attached hydrogens (tertiary/aromatic N) is 1. The van der Waals surface area contributed by atoms with E-state index in [9.17, 15) is 9.90 Å². The van der Waals surface area contributed by atoms with Gasteiger partial charge in [0.1, 0.15) is 5.82 Å². The van der Waals surface area contributed by atoms with E-state index in [1.54, 1.807) is 12.1 Å². The molecule has 116 valence electrons. The molecule has 0 saturated carbocycles. The summed E-state index contributed by atoms with van der Waals surface area (Å²) < 4.78 is 5.47. The Morgan fingerprint density at radius 2 is 2.27 bits per heavy atom. The predicted octanol–water partition coefficient (Wildman–Crippen LogP) is 3.16. The maximum absolute atomic E-state index is 11.4. The van der Waals surface area contributed by atoms with E-state index in [0.29, 0.717) is 22.6 Å². The highest BCUT2D eigenvalue weighted by Gasteiger charge is 2.14. The molecular weight excluding hydrogens is 280 g/mol. The second-order valence-electron chi connectivity index (χ2n) is 5.68. The van der Waals surface area contributed by atoms with Crippen LogP contribution in [-0.2, 0) is 4.74 Å². The van der Waals surface area contributed by atoms with Crippen molar-refractivity contribution in [1.29, 1.82) is 0 Å². The first-order valence-corrected chi connectivity index (χ1v) is 7.69. The quantitative estimate of drug-likeness (QED) is 0.887. The van der Waals surface area contributed by atoms with E-state index < -0.39 is 5.97 Å². The minimum atomic E-state index is -0.928. The summed E-state index contributed by atoms with van der Waals surface area (Å²) in [5, 5.41) is 13.3. The van der Waals surface area contributed by atoms with Gasteiger partial charge in [0, 0.05) is 25.1 Å². The van der Waals surface area contributed by atoms with Gasteiger partial charge in [-0.05, 0) is 37.3 Å². The molecule has 5 heteroatoms. The molecular formula is C17H20N2O3. The van der Waals surface area contributed by atoms with Gasteiger partial charge in [0.05, 0.1) is 11.1 Å². The van der Waals surface area contributed by atoms with Gasteiger partial charge < -0.3 is 15.2 Å². The summed E-state index contributed by atoms with van der Waals surface area (Å²) in [6, 6.07) is 8.93. The van der Waals surface area contributed by atoms with Crippen LogP contribution in [0.15, 0.2) is 30.3 Å². The number of carboxylic acid groups (broad SMARTS) is 1. The van der Waals surface area contributed by atoms with Crippen molar-refractivity contribution in [2.45, 2.75) is 19.3 Å². The van der Waals surface area contributed by atoms with Gasteiger partial charge in [-0.2, -0.15) is 0 Å². The van der Waals surface area contributed by atoms with Crippen LogP contribution in [0.3, 0.4) is 0 Å². The van der Waals surface area contributed by atoms with Crippen LogP contribution in [0.5, 0.6) is 0 Å². The number of benzene rings is 1. The van der Waals surface area contributed by atoms with E-state index in [4.69, 9.17) is 4.74 Å². The zero-order valence-corrected chi connectivity index (χ0v) is 12.4. The van der Waals surface area contributed by atoms with Gasteiger partial charge in [0.15, 0.2) is 0 Å². The van der Waals surface area contributed by atoms with E-state index in [-0.39, 0.29) is 5.56 Å². The van der Waals surface area contributed by atoms with E-state index in [1.165, 1.54) is 6.42 Å². The molecule has 0 spiro atoms. The summed E-state index contributed by atoms with van der Waals surface area (Å²) in [6.07, 6.45) is 3.34. The molecule has 22 heavy (non-hydrogen) atoms. The fourth-order valence-electron chi connectivity index (χ4n) is 2.88. The molecule has 5 nitrogen and oxygen atoms in total. The zero-order chi connectivity index (χ0) is 15.4.